The lowest BCUT2D eigenvalue weighted by atomic mass is 9.98. The van der Waals surface area contributed by atoms with Crippen LogP contribution in [0.2, 0.25) is 0 Å². The van der Waals surface area contributed by atoms with Crippen LogP contribution in [0.25, 0.3) is 0 Å². The molecule has 0 spiro atoms. The van der Waals surface area contributed by atoms with Crippen molar-refractivity contribution in [2.24, 2.45) is 17.6 Å². The van der Waals surface area contributed by atoms with Crippen molar-refractivity contribution in [2.45, 2.75) is 44.6 Å². The largest absolute Gasteiger partial charge is 0.328 e. The Morgan fingerprint density at radius 1 is 0.900 bits per heavy atom. The summed E-state index contributed by atoms with van der Waals surface area (Å²) in [4.78, 5) is 0. The van der Waals surface area contributed by atoms with E-state index in [0.717, 1.165) is 11.8 Å². The standard InChI is InChI=1S/C9H17N/c10-9-3-1-2-7-6-8(7)4-5-9/h7-9H,1-6,10H2/t7-,8-,9-/m1/s1. The third-order valence-electron chi connectivity index (χ3n) is 3.13. The van der Waals surface area contributed by atoms with Crippen LogP contribution in [0.1, 0.15) is 38.5 Å². The van der Waals surface area contributed by atoms with Gasteiger partial charge in [-0.05, 0) is 37.5 Å². The molecule has 0 saturated heterocycles. The fraction of sp³-hybridized carbons (Fsp3) is 1.00. The minimum absolute atomic E-state index is 0.529. The normalized spacial score (nSPS) is 47.1. The number of fused-ring (bicyclic) bond motifs is 1. The molecule has 0 amide bonds. The van der Waals surface area contributed by atoms with Crippen LogP contribution in [0, 0.1) is 11.8 Å². The third kappa shape index (κ3) is 1.34. The van der Waals surface area contributed by atoms with Gasteiger partial charge in [-0.15, -0.1) is 0 Å². The molecule has 0 aromatic rings. The van der Waals surface area contributed by atoms with E-state index in [1.807, 2.05) is 0 Å². The van der Waals surface area contributed by atoms with Gasteiger partial charge in [0.05, 0.1) is 0 Å². The molecule has 0 heterocycles. The Bertz CT molecular complexity index is 120. The van der Waals surface area contributed by atoms with Crippen molar-refractivity contribution in [3.05, 3.63) is 0 Å². The minimum Gasteiger partial charge on any atom is -0.328 e. The van der Waals surface area contributed by atoms with Gasteiger partial charge in [-0.2, -0.15) is 0 Å². The summed E-state index contributed by atoms with van der Waals surface area (Å²) in [6, 6.07) is 0.529. The van der Waals surface area contributed by atoms with E-state index in [0.29, 0.717) is 6.04 Å². The Labute approximate surface area is 63.0 Å². The van der Waals surface area contributed by atoms with Gasteiger partial charge in [0.15, 0.2) is 0 Å². The Morgan fingerprint density at radius 3 is 2.60 bits per heavy atom. The fourth-order valence-corrected chi connectivity index (χ4v) is 2.23. The van der Waals surface area contributed by atoms with E-state index in [-0.39, 0.29) is 0 Å². The first-order chi connectivity index (χ1) is 4.86. The SMILES string of the molecule is N[C@@H]1CCC[C@@H]2C[C@H]2CC1. The van der Waals surface area contributed by atoms with Crippen LogP contribution in [0.4, 0.5) is 0 Å². The van der Waals surface area contributed by atoms with Crippen LogP contribution in [0.15, 0.2) is 0 Å². The van der Waals surface area contributed by atoms with Gasteiger partial charge >= 0.3 is 0 Å². The molecular formula is C9H17N. The molecule has 2 aliphatic carbocycles. The molecule has 1 heteroatoms. The first kappa shape index (κ1) is 6.66. The van der Waals surface area contributed by atoms with Crippen LogP contribution in [-0.4, -0.2) is 6.04 Å². The molecular weight excluding hydrogens is 122 g/mol. The molecule has 2 rings (SSSR count). The molecule has 2 fully saturated rings. The van der Waals surface area contributed by atoms with E-state index in [4.69, 9.17) is 5.73 Å². The van der Waals surface area contributed by atoms with Gasteiger partial charge in [0.2, 0.25) is 0 Å². The second-order valence-corrected chi connectivity index (χ2v) is 4.02. The van der Waals surface area contributed by atoms with Gasteiger partial charge in [0.1, 0.15) is 0 Å². The lowest BCUT2D eigenvalue weighted by molar-refractivity contribution is 0.440. The van der Waals surface area contributed by atoms with Gasteiger partial charge in [-0.3, -0.25) is 0 Å². The van der Waals surface area contributed by atoms with Gasteiger partial charge < -0.3 is 5.73 Å². The zero-order valence-electron chi connectivity index (χ0n) is 6.55. The Kier molecular flexibility index (Phi) is 1.69. The maximum Gasteiger partial charge on any atom is 0.00389 e. The Balaban J connectivity index is 1.83. The van der Waals surface area contributed by atoms with Crippen molar-refractivity contribution in [3.8, 4) is 0 Å². The summed E-state index contributed by atoms with van der Waals surface area (Å²) in [5.74, 6) is 2.21. The Hall–Kier alpha value is -0.0400. The number of nitrogens with two attached hydrogens (primary N) is 1. The molecule has 10 heavy (non-hydrogen) atoms. The maximum atomic E-state index is 5.88. The van der Waals surface area contributed by atoms with E-state index in [9.17, 15) is 0 Å². The zero-order chi connectivity index (χ0) is 6.97. The lowest BCUT2D eigenvalue weighted by Crippen LogP contribution is -2.20. The molecule has 0 unspecified atom stereocenters. The van der Waals surface area contributed by atoms with Crippen molar-refractivity contribution in [1.29, 1.82) is 0 Å². The van der Waals surface area contributed by atoms with Crippen molar-refractivity contribution in [3.63, 3.8) is 0 Å². The third-order valence-corrected chi connectivity index (χ3v) is 3.13. The van der Waals surface area contributed by atoms with E-state index >= 15 is 0 Å². The van der Waals surface area contributed by atoms with Crippen LogP contribution < -0.4 is 5.73 Å². The molecule has 3 atom stereocenters. The molecule has 2 saturated carbocycles. The molecule has 0 aromatic heterocycles. The monoisotopic (exact) mass is 139 g/mol. The molecule has 0 aromatic carbocycles. The summed E-state index contributed by atoms with van der Waals surface area (Å²) in [5.41, 5.74) is 5.88. The van der Waals surface area contributed by atoms with Crippen molar-refractivity contribution < 1.29 is 0 Å². The van der Waals surface area contributed by atoms with Gasteiger partial charge in [0, 0.05) is 6.04 Å². The lowest BCUT2D eigenvalue weighted by Gasteiger charge is -2.13. The number of rotatable bonds is 0. The van der Waals surface area contributed by atoms with E-state index in [1.54, 1.807) is 0 Å². The van der Waals surface area contributed by atoms with E-state index < -0.39 is 0 Å². The Morgan fingerprint density at radius 2 is 1.70 bits per heavy atom. The smallest absolute Gasteiger partial charge is 0.00389 e. The summed E-state index contributed by atoms with van der Waals surface area (Å²) in [6.45, 7) is 0. The molecule has 0 radical (unpaired) electrons. The summed E-state index contributed by atoms with van der Waals surface area (Å²) >= 11 is 0. The van der Waals surface area contributed by atoms with Gasteiger partial charge in [-0.25, -0.2) is 0 Å². The van der Waals surface area contributed by atoms with Crippen LogP contribution in [-0.2, 0) is 0 Å². The highest BCUT2D eigenvalue weighted by Crippen LogP contribution is 2.46. The summed E-state index contributed by atoms with van der Waals surface area (Å²) in [6.07, 6.45) is 8.38. The maximum absolute atomic E-state index is 5.88. The summed E-state index contributed by atoms with van der Waals surface area (Å²) < 4.78 is 0. The second kappa shape index (κ2) is 2.54. The van der Waals surface area contributed by atoms with Crippen LogP contribution >= 0.6 is 0 Å². The minimum atomic E-state index is 0.529. The van der Waals surface area contributed by atoms with Gasteiger partial charge in [0.25, 0.3) is 0 Å². The highest BCUT2D eigenvalue weighted by molar-refractivity contribution is 4.88. The topological polar surface area (TPSA) is 26.0 Å². The average molecular weight is 139 g/mol. The van der Waals surface area contributed by atoms with Crippen molar-refractivity contribution in [2.75, 3.05) is 0 Å². The van der Waals surface area contributed by atoms with Gasteiger partial charge in [-0.1, -0.05) is 12.8 Å². The predicted molar refractivity (Wildman–Crippen MR) is 42.7 cm³/mol. The molecule has 0 aliphatic heterocycles. The first-order valence-corrected chi connectivity index (χ1v) is 4.62. The highest BCUT2D eigenvalue weighted by atomic mass is 14.6. The molecule has 2 N–H and O–H groups in total. The molecule has 2 aliphatic rings. The van der Waals surface area contributed by atoms with E-state index in [2.05, 4.69) is 0 Å². The number of hydrogen-bond donors (Lipinski definition) is 1. The molecule has 0 bridgehead atoms. The quantitative estimate of drug-likeness (QED) is 0.545. The van der Waals surface area contributed by atoms with E-state index in [1.165, 1.54) is 38.5 Å². The van der Waals surface area contributed by atoms with Crippen molar-refractivity contribution >= 4 is 0 Å². The van der Waals surface area contributed by atoms with Crippen LogP contribution in [0.5, 0.6) is 0 Å². The average Bonchev–Trinajstić information content (AvgIpc) is 2.59. The summed E-state index contributed by atoms with van der Waals surface area (Å²) in [7, 11) is 0. The molecule has 1 nitrogen and oxygen atoms in total. The summed E-state index contributed by atoms with van der Waals surface area (Å²) in [5, 5.41) is 0. The second-order valence-electron chi connectivity index (χ2n) is 4.02. The predicted octanol–water partition coefficient (Wildman–Crippen LogP) is 1.91. The zero-order valence-corrected chi connectivity index (χ0v) is 6.55. The molecule has 58 valence electrons. The number of hydrogen-bond acceptors (Lipinski definition) is 1. The van der Waals surface area contributed by atoms with Crippen LogP contribution in [0.3, 0.4) is 0 Å². The fourth-order valence-electron chi connectivity index (χ4n) is 2.23. The van der Waals surface area contributed by atoms with Crippen molar-refractivity contribution in [1.82, 2.24) is 0 Å². The highest BCUT2D eigenvalue weighted by Gasteiger charge is 2.36. The first-order valence-electron chi connectivity index (χ1n) is 4.62.